The fourth-order valence-electron chi connectivity index (χ4n) is 3.68. The van der Waals surface area contributed by atoms with Crippen molar-refractivity contribution in [1.82, 2.24) is 0 Å². The Morgan fingerprint density at radius 1 is 1.39 bits per heavy atom. The molecular formula is C19H25NO3. The lowest BCUT2D eigenvalue weighted by atomic mass is 9.63. The minimum atomic E-state index is -0.772. The highest BCUT2D eigenvalue weighted by molar-refractivity contribution is 5.76. The van der Waals surface area contributed by atoms with E-state index in [1.54, 1.807) is 6.92 Å². The van der Waals surface area contributed by atoms with E-state index in [2.05, 4.69) is 6.07 Å². The third-order valence-electron chi connectivity index (χ3n) is 4.53. The van der Waals surface area contributed by atoms with Crippen LogP contribution in [0.2, 0.25) is 0 Å². The molecule has 2 unspecified atom stereocenters. The molecule has 2 rings (SSSR count). The van der Waals surface area contributed by atoms with E-state index < -0.39 is 17.3 Å². The van der Waals surface area contributed by atoms with Gasteiger partial charge in [0.2, 0.25) is 0 Å². The van der Waals surface area contributed by atoms with Crippen LogP contribution in [-0.2, 0) is 20.7 Å². The van der Waals surface area contributed by atoms with Gasteiger partial charge in [0.25, 0.3) is 0 Å². The summed E-state index contributed by atoms with van der Waals surface area (Å²) in [5, 5.41) is 9.70. The maximum absolute atomic E-state index is 12.4. The van der Waals surface area contributed by atoms with Crippen molar-refractivity contribution in [1.29, 1.82) is 5.26 Å². The molecular weight excluding hydrogens is 290 g/mol. The van der Waals surface area contributed by atoms with E-state index in [1.165, 1.54) is 0 Å². The summed E-state index contributed by atoms with van der Waals surface area (Å²) in [6.45, 7) is 6.65. The average Bonchev–Trinajstić information content (AvgIpc) is 2.48. The Morgan fingerprint density at radius 2 is 2.09 bits per heavy atom. The van der Waals surface area contributed by atoms with Crippen LogP contribution in [0.4, 0.5) is 0 Å². The van der Waals surface area contributed by atoms with Crippen LogP contribution in [-0.4, -0.2) is 24.8 Å². The van der Waals surface area contributed by atoms with E-state index in [0.29, 0.717) is 32.5 Å². The molecule has 1 aliphatic rings. The second-order valence-electron chi connectivity index (χ2n) is 6.87. The van der Waals surface area contributed by atoms with E-state index in [4.69, 9.17) is 9.47 Å². The van der Waals surface area contributed by atoms with Crippen LogP contribution in [0.25, 0.3) is 0 Å². The van der Waals surface area contributed by atoms with E-state index in [9.17, 15) is 10.1 Å². The summed E-state index contributed by atoms with van der Waals surface area (Å²) >= 11 is 0. The molecule has 0 bridgehead atoms. The van der Waals surface area contributed by atoms with Crippen LogP contribution in [0.5, 0.6) is 0 Å². The van der Waals surface area contributed by atoms with Crippen molar-refractivity contribution in [2.24, 2.45) is 11.3 Å². The van der Waals surface area contributed by atoms with Gasteiger partial charge < -0.3 is 9.47 Å². The Hall–Kier alpha value is -1.86. The zero-order chi connectivity index (χ0) is 16.9. The molecule has 0 spiro atoms. The van der Waals surface area contributed by atoms with Crippen molar-refractivity contribution in [2.45, 2.75) is 45.6 Å². The molecule has 1 aromatic carbocycles. The highest BCUT2D eigenvalue weighted by atomic mass is 16.5. The molecule has 0 saturated carbocycles. The zero-order valence-corrected chi connectivity index (χ0v) is 14.2. The molecule has 0 aromatic heterocycles. The smallest absolute Gasteiger partial charge is 0.323 e. The Labute approximate surface area is 138 Å². The minimum Gasteiger partial charge on any atom is -0.465 e. The largest absolute Gasteiger partial charge is 0.465 e. The van der Waals surface area contributed by atoms with Gasteiger partial charge in [-0.1, -0.05) is 30.3 Å². The molecule has 1 saturated heterocycles. The first-order valence-electron chi connectivity index (χ1n) is 8.16. The van der Waals surface area contributed by atoms with Crippen LogP contribution in [0.1, 0.15) is 39.2 Å². The normalized spacial score (nSPS) is 24.4. The van der Waals surface area contributed by atoms with Crippen molar-refractivity contribution in [3.05, 3.63) is 35.9 Å². The van der Waals surface area contributed by atoms with Gasteiger partial charge in [0, 0.05) is 12.0 Å². The molecule has 1 aliphatic heterocycles. The Bertz CT molecular complexity index is 576. The summed E-state index contributed by atoms with van der Waals surface area (Å²) in [6.07, 6.45) is 2.02. The van der Waals surface area contributed by atoms with Crippen LogP contribution in [0, 0.1) is 22.7 Å². The molecule has 4 heteroatoms. The van der Waals surface area contributed by atoms with E-state index in [0.717, 1.165) is 5.56 Å². The van der Waals surface area contributed by atoms with Gasteiger partial charge in [-0.25, -0.2) is 0 Å². The van der Waals surface area contributed by atoms with E-state index in [1.807, 2.05) is 44.2 Å². The van der Waals surface area contributed by atoms with Gasteiger partial charge in [-0.3, -0.25) is 4.79 Å². The quantitative estimate of drug-likeness (QED) is 0.780. The molecule has 124 valence electrons. The van der Waals surface area contributed by atoms with Crippen molar-refractivity contribution in [3.8, 4) is 6.07 Å². The summed E-state index contributed by atoms with van der Waals surface area (Å²) < 4.78 is 11.0. The lowest BCUT2D eigenvalue weighted by Gasteiger charge is -2.46. The van der Waals surface area contributed by atoms with Crippen molar-refractivity contribution in [2.75, 3.05) is 13.2 Å². The zero-order valence-electron chi connectivity index (χ0n) is 14.2. The highest BCUT2D eigenvalue weighted by Crippen LogP contribution is 2.47. The Morgan fingerprint density at radius 3 is 2.65 bits per heavy atom. The van der Waals surface area contributed by atoms with Crippen molar-refractivity contribution >= 4 is 5.97 Å². The van der Waals surface area contributed by atoms with Crippen molar-refractivity contribution in [3.63, 3.8) is 0 Å². The predicted molar refractivity (Wildman–Crippen MR) is 87.6 cm³/mol. The number of carbonyl (C=O) groups is 1. The molecule has 23 heavy (non-hydrogen) atoms. The van der Waals surface area contributed by atoms with Gasteiger partial charge in [0.1, 0.15) is 5.92 Å². The van der Waals surface area contributed by atoms with Crippen molar-refractivity contribution < 1.29 is 14.3 Å². The fraction of sp³-hybridized carbons (Fsp3) is 0.579. The third-order valence-corrected chi connectivity index (χ3v) is 4.53. The minimum absolute atomic E-state index is 0.290. The number of nitrogens with zero attached hydrogens (tertiary/aromatic N) is 1. The number of rotatable bonds is 5. The fourth-order valence-corrected chi connectivity index (χ4v) is 3.68. The molecule has 2 atom stereocenters. The average molecular weight is 315 g/mol. The van der Waals surface area contributed by atoms with Gasteiger partial charge in [0.05, 0.1) is 18.3 Å². The summed E-state index contributed by atoms with van der Waals surface area (Å²) in [6, 6.07) is 12.3. The van der Waals surface area contributed by atoms with Crippen LogP contribution >= 0.6 is 0 Å². The lowest BCUT2D eigenvalue weighted by molar-refractivity contribution is -0.160. The molecule has 1 fully saturated rings. The molecule has 1 heterocycles. The summed E-state index contributed by atoms with van der Waals surface area (Å²) in [5.41, 5.74) is 0.327. The molecule has 4 nitrogen and oxygen atoms in total. The number of hydrogen-bond donors (Lipinski definition) is 0. The summed E-state index contributed by atoms with van der Waals surface area (Å²) in [5.74, 6) is -1.19. The van der Waals surface area contributed by atoms with E-state index in [-0.39, 0.29) is 5.60 Å². The topological polar surface area (TPSA) is 59.3 Å². The van der Waals surface area contributed by atoms with E-state index >= 15 is 0 Å². The van der Waals surface area contributed by atoms with Crippen LogP contribution in [0.15, 0.2) is 30.3 Å². The van der Waals surface area contributed by atoms with Gasteiger partial charge in [-0.05, 0) is 45.6 Å². The monoisotopic (exact) mass is 315 g/mol. The highest BCUT2D eigenvalue weighted by Gasteiger charge is 2.49. The van der Waals surface area contributed by atoms with Gasteiger partial charge in [-0.2, -0.15) is 5.26 Å². The maximum atomic E-state index is 12.4. The number of benzene rings is 1. The second kappa shape index (κ2) is 7.14. The Balaban J connectivity index is 2.38. The number of esters is 1. The standard InChI is InChI=1S/C19H25NO3/c1-4-22-17(21)16(13-20)19(10-11-23-18(2,3)14-19)12-15-8-6-5-7-9-15/h5-9,16H,4,10-12,14H2,1-3H3. The number of carbonyl (C=O) groups excluding carboxylic acids is 1. The second-order valence-corrected chi connectivity index (χ2v) is 6.87. The van der Waals surface area contributed by atoms with Gasteiger partial charge >= 0.3 is 5.97 Å². The molecule has 1 aromatic rings. The van der Waals surface area contributed by atoms with Gasteiger partial charge in [-0.15, -0.1) is 0 Å². The number of nitriles is 1. The molecule has 0 N–H and O–H groups in total. The maximum Gasteiger partial charge on any atom is 0.323 e. The third kappa shape index (κ3) is 4.11. The van der Waals surface area contributed by atoms with Gasteiger partial charge in [0.15, 0.2) is 0 Å². The first-order valence-corrected chi connectivity index (χ1v) is 8.16. The Kier molecular flexibility index (Phi) is 5.43. The van der Waals surface area contributed by atoms with Crippen LogP contribution in [0.3, 0.4) is 0 Å². The molecule has 0 aliphatic carbocycles. The number of ether oxygens (including phenoxy) is 2. The first-order chi connectivity index (χ1) is 10.9. The lowest BCUT2D eigenvalue weighted by Crippen LogP contribution is -2.48. The number of hydrogen-bond acceptors (Lipinski definition) is 4. The summed E-state index contributed by atoms with van der Waals surface area (Å²) in [4.78, 5) is 12.4. The van der Waals surface area contributed by atoms with Crippen LogP contribution < -0.4 is 0 Å². The summed E-state index contributed by atoms with van der Waals surface area (Å²) in [7, 11) is 0. The predicted octanol–water partition coefficient (Wildman–Crippen LogP) is 3.51. The molecule has 0 amide bonds. The SMILES string of the molecule is CCOC(=O)C(C#N)C1(Cc2ccccc2)CCOC(C)(C)C1. The first kappa shape index (κ1) is 17.5. The molecule has 0 radical (unpaired) electrons.